The number of rotatable bonds is 4. The van der Waals surface area contributed by atoms with Crippen LogP contribution >= 0.6 is 11.6 Å². The Bertz CT molecular complexity index is 548. The molecule has 1 atom stereocenters. The third-order valence-corrected chi connectivity index (χ3v) is 5.60. The molecule has 0 bridgehead atoms. The number of nitrogens with zero attached hydrogens (tertiary/aromatic N) is 3. The Balaban J connectivity index is 2.02. The minimum absolute atomic E-state index is 0.224. The van der Waals surface area contributed by atoms with Gasteiger partial charge >= 0.3 is 6.01 Å². The van der Waals surface area contributed by atoms with E-state index in [1.165, 1.54) is 16.7 Å². The van der Waals surface area contributed by atoms with Crippen LogP contribution in [-0.4, -0.2) is 47.1 Å². The lowest BCUT2D eigenvalue weighted by molar-refractivity contribution is 0.119. The molecule has 0 N–H and O–H groups in total. The normalized spacial score (nSPS) is 21.1. The van der Waals surface area contributed by atoms with Gasteiger partial charge in [-0.05, 0) is 26.7 Å². The number of piperidine rings is 1. The molecule has 1 saturated heterocycles. The highest BCUT2D eigenvalue weighted by Gasteiger charge is 2.32. The maximum atomic E-state index is 12.1. The van der Waals surface area contributed by atoms with Gasteiger partial charge in [-0.1, -0.05) is 11.6 Å². The van der Waals surface area contributed by atoms with Gasteiger partial charge in [0.2, 0.25) is 10.0 Å². The molecule has 0 spiro atoms. The Morgan fingerprint density at radius 3 is 2.65 bits per heavy atom. The van der Waals surface area contributed by atoms with Crippen molar-refractivity contribution in [1.82, 2.24) is 14.3 Å². The van der Waals surface area contributed by atoms with E-state index in [1.807, 2.05) is 0 Å². The molecule has 0 saturated carbocycles. The van der Waals surface area contributed by atoms with Crippen molar-refractivity contribution in [3.8, 4) is 6.01 Å². The fourth-order valence-corrected chi connectivity index (χ4v) is 3.49. The van der Waals surface area contributed by atoms with Gasteiger partial charge in [0.05, 0.1) is 29.2 Å². The van der Waals surface area contributed by atoms with E-state index in [0.29, 0.717) is 18.1 Å². The van der Waals surface area contributed by atoms with Gasteiger partial charge in [-0.3, -0.25) is 0 Å². The lowest BCUT2D eigenvalue weighted by Crippen LogP contribution is -2.46. The Morgan fingerprint density at radius 1 is 1.40 bits per heavy atom. The van der Waals surface area contributed by atoms with Gasteiger partial charge in [0.1, 0.15) is 6.10 Å². The summed E-state index contributed by atoms with van der Waals surface area (Å²) in [5, 5.41) is 0.0121. The summed E-state index contributed by atoms with van der Waals surface area (Å²) in [6, 6.07) is 0.225. The molecular formula is C12H18ClN3O3S. The maximum Gasteiger partial charge on any atom is 0.316 e. The number of ether oxygens (including phenoxy) is 1. The first-order valence-electron chi connectivity index (χ1n) is 6.53. The summed E-state index contributed by atoms with van der Waals surface area (Å²) in [5.74, 6) is 0. The van der Waals surface area contributed by atoms with Crippen molar-refractivity contribution in [2.45, 2.75) is 38.0 Å². The summed E-state index contributed by atoms with van der Waals surface area (Å²) in [5.41, 5.74) is 0. The zero-order chi connectivity index (χ0) is 14.8. The second-order valence-corrected chi connectivity index (χ2v) is 7.94. The van der Waals surface area contributed by atoms with Crippen LogP contribution in [0.5, 0.6) is 6.01 Å². The Labute approximate surface area is 124 Å². The molecule has 20 heavy (non-hydrogen) atoms. The highest BCUT2D eigenvalue weighted by Crippen LogP contribution is 2.20. The second kappa shape index (κ2) is 6.24. The van der Waals surface area contributed by atoms with Crippen LogP contribution in [0.15, 0.2) is 12.4 Å². The number of hydrogen-bond donors (Lipinski definition) is 0. The van der Waals surface area contributed by atoms with Crippen LogP contribution in [0.2, 0.25) is 5.02 Å². The van der Waals surface area contributed by atoms with E-state index >= 15 is 0 Å². The van der Waals surface area contributed by atoms with Crippen molar-refractivity contribution < 1.29 is 13.2 Å². The van der Waals surface area contributed by atoms with Gasteiger partial charge in [0.25, 0.3) is 0 Å². The molecule has 2 heterocycles. The summed E-state index contributed by atoms with van der Waals surface area (Å²) in [4.78, 5) is 7.92. The molecule has 1 aromatic rings. The number of sulfonamides is 1. The van der Waals surface area contributed by atoms with Crippen LogP contribution in [0.1, 0.15) is 26.7 Å². The van der Waals surface area contributed by atoms with Crippen molar-refractivity contribution in [3.05, 3.63) is 17.4 Å². The fourth-order valence-electron chi connectivity index (χ4n) is 2.04. The van der Waals surface area contributed by atoms with E-state index in [1.54, 1.807) is 13.8 Å². The first-order chi connectivity index (χ1) is 9.39. The summed E-state index contributed by atoms with van der Waals surface area (Å²) < 4.78 is 31.4. The van der Waals surface area contributed by atoms with Gasteiger partial charge in [0, 0.05) is 6.54 Å². The SMILES string of the molecule is CC(C)S(=O)(=O)N1CCCC(Oc2ncc(Cl)cn2)C1. The number of halogens is 1. The van der Waals surface area contributed by atoms with E-state index in [2.05, 4.69) is 9.97 Å². The average molecular weight is 320 g/mol. The smallest absolute Gasteiger partial charge is 0.316 e. The van der Waals surface area contributed by atoms with E-state index in [4.69, 9.17) is 16.3 Å². The first-order valence-corrected chi connectivity index (χ1v) is 8.41. The predicted molar refractivity (Wildman–Crippen MR) is 76.3 cm³/mol. The third-order valence-electron chi connectivity index (χ3n) is 3.17. The zero-order valence-electron chi connectivity index (χ0n) is 11.5. The van der Waals surface area contributed by atoms with E-state index in [-0.39, 0.29) is 12.1 Å². The molecule has 0 radical (unpaired) electrons. The Kier molecular flexibility index (Phi) is 4.82. The van der Waals surface area contributed by atoms with Crippen molar-refractivity contribution in [1.29, 1.82) is 0 Å². The molecule has 1 unspecified atom stereocenters. The summed E-state index contributed by atoms with van der Waals surface area (Å²) in [7, 11) is -3.24. The highest BCUT2D eigenvalue weighted by molar-refractivity contribution is 7.89. The number of hydrogen-bond acceptors (Lipinski definition) is 5. The maximum absolute atomic E-state index is 12.1. The van der Waals surface area contributed by atoms with E-state index < -0.39 is 15.3 Å². The van der Waals surface area contributed by atoms with Crippen LogP contribution in [0.3, 0.4) is 0 Å². The van der Waals surface area contributed by atoms with Crippen molar-refractivity contribution in [3.63, 3.8) is 0 Å². The lowest BCUT2D eigenvalue weighted by atomic mass is 10.1. The zero-order valence-corrected chi connectivity index (χ0v) is 13.1. The monoisotopic (exact) mass is 319 g/mol. The van der Waals surface area contributed by atoms with Crippen LogP contribution in [0, 0.1) is 0 Å². The van der Waals surface area contributed by atoms with Crippen LogP contribution in [0.4, 0.5) is 0 Å². The Morgan fingerprint density at radius 2 is 2.05 bits per heavy atom. The number of aromatic nitrogens is 2. The molecule has 1 aliphatic rings. The van der Waals surface area contributed by atoms with Gasteiger partial charge in [-0.15, -0.1) is 0 Å². The Hall–Kier alpha value is -0.920. The molecule has 0 aromatic carbocycles. The molecular weight excluding hydrogens is 302 g/mol. The molecule has 1 aromatic heterocycles. The quantitative estimate of drug-likeness (QED) is 0.844. The highest BCUT2D eigenvalue weighted by atomic mass is 35.5. The largest absolute Gasteiger partial charge is 0.459 e. The van der Waals surface area contributed by atoms with Gasteiger partial charge in [0.15, 0.2) is 0 Å². The minimum Gasteiger partial charge on any atom is -0.459 e. The fraction of sp³-hybridized carbons (Fsp3) is 0.667. The van der Waals surface area contributed by atoms with Gasteiger partial charge in [-0.2, -0.15) is 4.31 Å². The van der Waals surface area contributed by atoms with Crippen molar-refractivity contribution in [2.75, 3.05) is 13.1 Å². The molecule has 0 aliphatic carbocycles. The average Bonchev–Trinajstić information content (AvgIpc) is 2.41. The van der Waals surface area contributed by atoms with E-state index in [0.717, 1.165) is 12.8 Å². The van der Waals surface area contributed by atoms with Crippen LogP contribution in [-0.2, 0) is 10.0 Å². The first kappa shape index (κ1) is 15.5. The van der Waals surface area contributed by atoms with Crippen LogP contribution < -0.4 is 4.74 Å². The predicted octanol–water partition coefficient (Wildman–Crippen LogP) is 1.71. The molecule has 112 valence electrons. The minimum atomic E-state index is -3.24. The molecule has 1 aliphatic heterocycles. The van der Waals surface area contributed by atoms with E-state index in [9.17, 15) is 8.42 Å². The summed E-state index contributed by atoms with van der Waals surface area (Å²) >= 11 is 5.70. The molecule has 1 fully saturated rings. The van der Waals surface area contributed by atoms with Crippen LogP contribution in [0.25, 0.3) is 0 Å². The van der Waals surface area contributed by atoms with Crippen molar-refractivity contribution in [2.24, 2.45) is 0 Å². The summed E-state index contributed by atoms with van der Waals surface area (Å²) in [6.07, 6.45) is 4.24. The molecule has 0 amide bonds. The summed E-state index contributed by atoms with van der Waals surface area (Å²) in [6.45, 7) is 4.25. The molecule has 8 heteroatoms. The van der Waals surface area contributed by atoms with Crippen molar-refractivity contribution >= 4 is 21.6 Å². The topological polar surface area (TPSA) is 72.4 Å². The van der Waals surface area contributed by atoms with Gasteiger partial charge < -0.3 is 4.74 Å². The third kappa shape index (κ3) is 3.59. The standard InChI is InChI=1S/C12H18ClN3O3S/c1-9(2)20(17,18)16-5-3-4-11(8-16)19-12-14-6-10(13)7-15-12/h6-7,9,11H,3-5,8H2,1-2H3. The van der Waals surface area contributed by atoms with Gasteiger partial charge in [-0.25, -0.2) is 18.4 Å². The molecule has 2 rings (SSSR count). The molecule has 6 nitrogen and oxygen atoms in total. The second-order valence-electron chi connectivity index (χ2n) is 5.02. The lowest BCUT2D eigenvalue weighted by Gasteiger charge is -2.32.